The first-order valence-electron chi connectivity index (χ1n) is 15.9. The van der Waals surface area contributed by atoms with Gasteiger partial charge in [-0.1, -0.05) is 63.8 Å². The summed E-state index contributed by atoms with van der Waals surface area (Å²) in [5.41, 5.74) is 4.37. The largest absolute Gasteiger partial charge is 0.496 e. The van der Waals surface area contributed by atoms with E-state index in [-0.39, 0.29) is 16.4 Å². The summed E-state index contributed by atoms with van der Waals surface area (Å²) in [4.78, 5) is 26.3. The Kier molecular flexibility index (Phi) is 9.97. The number of aromatic nitrogens is 1. The van der Waals surface area contributed by atoms with E-state index in [4.69, 9.17) is 4.74 Å². The smallest absolute Gasteiger partial charge is 0.265 e. The Labute approximate surface area is 266 Å². The van der Waals surface area contributed by atoms with Crippen molar-refractivity contribution >= 4 is 32.7 Å². The minimum Gasteiger partial charge on any atom is -0.496 e. The van der Waals surface area contributed by atoms with Gasteiger partial charge in [-0.15, -0.1) is 0 Å². The number of nitrogens with one attached hydrogen (secondary N) is 2. The molecule has 1 heterocycles. The number of benzene rings is 3. The van der Waals surface area contributed by atoms with Crippen LogP contribution in [-0.2, 0) is 16.4 Å². The van der Waals surface area contributed by atoms with Gasteiger partial charge in [-0.3, -0.25) is 9.59 Å². The molecule has 0 bridgehead atoms. The number of hydrogen-bond acceptors (Lipinski definition) is 5. The molecule has 2 N–H and O–H groups in total. The van der Waals surface area contributed by atoms with Crippen LogP contribution in [0.25, 0.3) is 10.9 Å². The van der Waals surface area contributed by atoms with Crippen LogP contribution in [0.1, 0.15) is 95.8 Å². The lowest BCUT2D eigenvalue weighted by molar-refractivity contribution is 0.0944. The normalized spacial score (nSPS) is 13.8. The van der Waals surface area contributed by atoms with Gasteiger partial charge in [0.2, 0.25) is 0 Å². The molecule has 238 valence electrons. The summed E-state index contributed by atoms with van der Waals surface area (Å²) < 4.78 is 36.1. The van der Waals surface area contributed by atoms with E-state index in [1.54, 1.807) is 43.3 Å². The average Bonchev–Trinajstić information content (AvgIpc) is 3.70. The van der Waals surface area contributed by atoms with Gasteiger partial charge in [0.05, 0.1) is 12.0 Å². The highest BCUT2D eigenvalue weighted by molar-refractivity contribution is 7.90. The van der Waals surface area contributed by atoms with E-state index in [0.717, 1.165) is 47.7 Å². The molecule has 4 aromatic rings. The Morgan fingerprint density at radius 3 is 2.31 bits per heavy atom. The Hall–Kier alpha value is -4.11. The second kappa shape index (κ2) is 13.9. The van der Waals surface area contributed by atoms with Gasteiger partial charge in [0.25, 0.3) is 21.8 Å². The number of hydrogen-bond donors (Lipinski definition) is 2. The summed E-state index contributed by atoms with van der Waals surface area (Å²) in [6.45, 7) is 6.63. The highest BCUT2D eigenvalue weighted by atomic mass is 32.2. The van der Waals surface area contributed by atoms with Crippen LogP contribution >= 0.6 is 0 Å². The van der Waals surface area contributed by atoms with Crippen LogP contribution in [0, 0.1) is 12.8 Å². The third kappa shape index (κ3) is 7.09. The Morgan fingerprint density at radius 2 is 1.62 bits per heavy atom. The summed E-state index contributed by atoms with van der Waals surface area (Å²) >= 11 is 0. The summed E-state index contributed by atoms with van der Waals surface area (Å²) in [5.74, 6) is 0.135. The van der Waals surface area contributed by atoms with Crippen LogP contribution in [0.3, 0.4) is 0 Å². The van der Waals surface area contributed by atoms with Gasteiger partial charge >= 0.3 is 0 Å². The fraction of sp³-hybridized carbons (Fsp3) is 0.389. The lowest BCUT2D eigenvalue weighted by Crippen LogP contribution is -2.31. The molecule has 2 amide bonds. The molecule has 1 aromatic heterocycles. The number of aryl methyl sites for hydroxylation is 1. The molecule has 5 rings (SSSR count). The van der Waals surface area contributed by atoms with Crippen molar-refractivity contribution in [1.29, 1.82) is 0 Å². The van der Waals surface area contributed by atoms with E-state index in [1.807, 2.05) is 12.1 Å². The van der Waals surface area contributed by atoms with Crippen LogP contribution in [0.5, 0.6) is 5.75 Å². The number of ether oxygens (including phenoxy) is 1. The van der Waals surface area contributed by atoms with Crippen molar-refractivity contribution in [2.45, 2.75) is 76.7 Å². The first kappa shape index (κ1) is 32.3. The summed E-state index contributed by atoms with van der Waals surface area (Å²) in [6.07, 6.45) is 9.41. The molecule has 9 heteroatoms. The first-order valence-corrected chi connectivity index (χ1v) is 17.3. The maximum atomic E-state index is 13.1. The van der Waals surface area contributed by atoms with Crippen molar-refractivity contribution in [2.24, 2.45) is 5.92 Å². The summed E-state index contributed by atoms with van der Waals surface area (Å²) in [7, 11) is -2.51. The number of methoxy groups -OCH3 is 1. The number of fused-ring (bicyclic) bond motifs is 1. The third-order valence-corrected chi connectivity index (χ3v) is 10.6. The molecule has 3 aromatic carbocycles. The maximum Gasteiger partial charge on any atom is 0.265 e. The van der Waals surface area contributed by atoms with Crippen LogP contribution in [-0.4, -0.2) is 38.5 Å². The Balaban J connectivity index is 1.44. The molecule has 0 spiro atoms. The van der Waals surface area contributed by atoms with E-state index in [0.29, 0.717) is 41.8 Å². The molecule has 0 radical (unpaired) electrons. The zero-order valence-corrected chi connectivity index (χ0v) is 27.4. The summed E-state index contributed by atoms with van der Waals surface area (Å²) in [5, 5.41) is 4.13. The minimum atomic E-state index is -4.05. The molecule has 45 heavy (non-hydrogen) atoms. The molecule has 1 aliphatic carbocycles. The molecule has 8 nitrogen and oxygen atoms in total. The second-order valence-corrected chi connectivity index (χ2v) is 13.7. The Morgan fingerprint density at radius 1 is 0.933 bits per heavy atom. The Bertz CT molecular complexity index is 1800. The van der Waals surface area contributed by atoms with Crippen molar-refractivity contribution < 1.29 is 22.7 Å². The monoisotopic (exact) mass is 629 g/mol. The number of amides is 2. The molecule has 0 aliphatic heterocycles. The number of carbonyl (C=O) groups excluding carboxylic acids is 2. The number of rotatable bonds is 12. The fourth-order valence-electron chi connectivity index (χ4n) is 6.34. The van der Waals surface area contributed by atoms with Crippen LogP contribution in [0.15, 0.2) is 71.8 Å². The first-order chi connectivity index (χ1) is 21.6. The molecule has 1 saturated carbocycles. The maximum absolute atomic E-state index is 13.1. The van der Waals surface area contributed by atoms with E-state index in [2.05, 4.69) is 40.7 Å². The van der Waals surface area contributed by atoms with Gasteiger partial charge in [-0.05, 0) is 78.8 Å². The topological polar surface area (TPSA) is 106 Å². The zero-order valence-electron chi connectivity index (χ0n) is 26.6. The number of sulfonamides is 1. The van der Waals surface area contributed by atoms with Crippen LogP contribution in [0.2, 0.25) is 0 Å². The fourth-order valence-corrected chi connectivity index (χ4v) is 7.56. The highest BCUT2D eigenvalue weighted by Crippen LogP contribution is 2.36. The van der Waals surface area contributed by atoms with Gasteiger partial charge in [0.15, 0.2) is 0 Å². The van der Waals surface area contributed by atoms with Crippen LogP contribution in [0.4, 0.5) is 0 Å². The highest BCUT2D eigenvalue weighted by Gasteiger charge is 2.24. The third-order valence-electron chi connectivity index (χ3n) is 9.14. The summed E-state index contributed by atoms with van der Waals surface area (Å²) in [6, 6.07) is 17.9. The molecule has 1 aliphatic rings. The zero-order chi connectivity index (χ0) is 32.1. The molecular formula is C36H43N3O5S. The van der Waals surface area contributed by atoms with Crippen molar-refractivity contribution in [3.8, 4) is 5.75 Å². The molecule has 0 saturated heterocycles. The SMILES string of the molecule is CCC(CC)CNC(=O)c1ccc2c(c1)c(Cc1ccc(C(=O)NS(=O)(=O)c3ccccc3C)cc1OC)cn2C1CCCC1. The second-order valence-electron chi connectivity index (χ2n) is 12.0. The molecule has 0 atom stereocenters. The van der Waals surface area contributed by atoms with Gasteiger partial charge in [0.1, 0.15) is 5.75 Å². The van der Waals surface area contributed by atoms with Crippen LogP contribution < -0.4 is 14.8 Å². The predicted molar refractivity (Wildman–Crippen MR) is 177 cm³/mol. The van der Waals surface area contributed by atoms with Crippen molar-refractivity contribution in [2.75, 3.05) is 13.7 Å². The van der Waals surface area contributed by atoms with Gasteiger partial charge < -0.3 is 14.6 Å². The lowest BCUT2D eigenvalue weighted by Gasteiger charge is -2.14. The lowest BCUT2D eigenvalue weighted by atomic mass is 10.00. The van der Waals surface area contributed by atoms with E-state index in [1.165, 1.54) is 26.0 Å². The van der Waals surface area contributed by atoms with E-state index >= 15 is 0 Å². The van der Waals surface area contributed by atoms with Gasteiger partial charge in [-0.25, -0.2) is 13.1 Å². The van der Waals surface area contributed by atoms with E-state index in [9.17, 15) is 18.0 Å². The molecular weight excluding hydrogens is 586 g/mol. The van der Waals surface area contributed by atoms with E-state index < -0.39 is 15.9 Å². The number of carbonyl (C=O) groups is 2. The number of nitrogens with zero attached hydrogens (tertiary/aromatic N) is 1. The van der Waals surface area contributed by atoms with Gasteiger partial charge in [0, 0.05) is 47.2 Å². The van der Waals surface area contributed by atoms with Crippen molar-refractivity contribution in [3.05, 3.63) is 94.7 Å². The van der Waals surface area contributed by atoms with Crippen molar-refractivity contribution in [1.82, 2.24) is 14.6 Å². The minimum absolute atomic E-state index is 0.0594. The quantitative estimate of drug-likeness (QED) is 0.176. The van der Waals surface area contributed by atoms with Gasteiger partial charge in [-0.2, -0.15) is 0 Å². The average molecular weight is 630 g/mol. The standard InChI is InChI=1S/C36H43N3O5S/c1-5-25(6-2)22-37-35(40)27-17-18-32-31(20-27)29(23-39(32)30-12-8-9-13-30)19-26-15-16-28(21-33(26)44-4)36(41)38-45(42,43)34-14-10-7-11-24(34)3/h7,10-11,14-18,20-21,23,25,30H,5-6,8-9,12-13,19,22H2,1-4H3,(H,37,40)(H,38,41). The molecule has 0 unspecified atom stereocenters. The molecule has 1 fully saturated rings. The predicted octanol–water partition coefficient (Wildman–Crippen LogP) is 6.95. The van der Waals surface area contributed by atoms with Crippen molar-refractivity contribution in [3.63, 3.8) is 0 Å².